The van der Waals surface area contributed by atoms with Crippen LogP contribution in [-0.2, 0) is 4.74 Å². The van der Waals surface area contributed by atoms with Crippen LogP contribution in [0.3, 0.4) is 0 Å². The molecule has 0 amide bonds. The molecular weight excluding hydrogens is 264 g/mol. The standard InChI is InChI=1S/C17H26N2O2/c1-2-17(20)14-3-5-15(6-4-14)19-8-7-16(13-19)18-9-11-21-12-10-18/h3-6,16-17,20H,2,7-13H2,1H3/t16?,17-/m0/s1. The van der Waals surface area contributed by atoms with Crippen molar-refractivity contribution in [1.82, 2.24) is 4.90 Å². The van der Waals surface area contributed by atoms with Gasteiger partial charge in [0.15, 0.2) is 0 Å². The zero-order chi connectivity index (χ0) is 14.7. The van der Waals surface area contributed by atoms with Crippen molar-refractivity contribution in [3.05, 3.63) is 29.8 Å². The van der Waals surface area contributed by atoms with Gasteiger partial charge in [-0.3, -0.25) is 4.90 Å². The number of hydrogen-bond acceptors (Lipinski definition) is 4. The summed E-state index contributed by atoms with van der Waals surface area (Å²) in [5.41, 5.74) is 2.29. The normalized spacial score (nSPS) is 25.2. The van der Waals surface area contributed by atoms with Crippen LogP contribution in [-0.4, -0.2) is 55.4 Å². The van der Waals surface area contributed by atoms with E-state index in [9.17, 15) is 5.11 Å². The average molecular weight is 290 g/mol. The number of ether oxygens (including phenoxy) is 1. The molecule has 4 nitrogen and oxygen atoms in total. The molecule has 0 spiro atoms. The van der Waals surface area contributed by atoms with E-state index in [1.165, 1.54) is 12.1 Å². The molecule has 1 aromatic carbocycles. The average Bonchev–Trinajstić information content (AvgIpc) is 3.05. The van der Waals surface area contributed by atoms with Crippen LogP contribution in [0.5, 0.6) is 0 Å². The van der Waals surface area contributed by atoms with Gasteiger partial charge in [-0.2, -0.15) is 0 Å². The Morgan fingerprint density at radius 1 is 1.19 bits per heavy atom. The van der Waals surface area contributed by atoms with Crippen LogP contribution in [0.2, 0.25) is 0 Å². The third-order valence-electron chi connectivity index (χ3n) is 4.76. The van der Waals surface area contributed by atoms with Crippen molar-refractivity contribution in [2.75, 3.05) is 44.3 Å². The molecule has 4 heteroatoms. The maximum atomic E-state index is 9.87. The van der Waals surface area contributed by atoms with Crippen molar-refractivity contribution in [3.8, 4) is 0 Å². The lowest BCUT2D eigenvalue weighted by molar-refractivity contribution is 0.0209. The summed E-state index contributed by atoms with van der Waals surface area (Å²) in [6, 6.07) is 9.08. The minimum atomic E-state index is -0.335. The minimum absolute atomic E-state index is 0.335. The van der Waals surface area contributed by atoms with Gasteiger partial charge in [-0.1, -0.05) is 19.1 Å². The van der Waals surface area contributed by atoms with E-state index < -0.39 is 0 Å². The fraction of sp³-hybridized carbons (Fsp3) is 0.647. The van der Waals surface area contributed by atoms with Gasteiger partial charge in [0.1, 0.15) is 0 Å². The molecule has 2 aliphatic rings. The summed E-state index contributed by atoms with van der Waals surface area (Å²) in [5.74, 6) is 0. The molecule has 1 aromatic rings. The smallest absolute Gasteiger partial charge is 0.0787 e. The number of aliphatic hydroxyl groups is 1. The number of anilines is 1. The Kier molecular flexibility index (Phi) is 4.78. The van der Waals surface area contributed by atoms with Gasteiger partial charge in [-0.25, -0.2) is 0 Å². The first-order valence-corrected chi connectivity index (χ1v) is 8.12. The number of rotatable bonds is 4. The molecule has 3 rings (SSSR count). The van der Waals surface area contributed by atoms with E-state index in [2.05, 4.69) is 34.1 Å². The molecule has 0 bridgehead atoms. The Hall–Kier alpha value is -1.10. The van der Waals surface area contributed by atoms with Gasteiger partial charge >= 0.3 is 0 Å². The second-order valence-electron chi connectivity index (χ2n) is 6.05. The maximum absolute atomic E-state index is 9.87. The van der Waals surface area contributed by atoms with Gasteiger partial charge in [-0.05, 0) is 30.5 Å². The van der Waals surface area contributed by atoms with Crippen molar-refractivity contribution in [2.45, 2.75) is 31.9 Å². The van der Waals surface area contributed by atoms with E-state index >= 15 is 0 Å². The van der Waals surface area contributed by atoms with E-state index in [4.69, 9.17) is 4.74 Å². The first-order valence-electron chi connectivity index (χ1n) is 8.12. The van der Waals surface area contributed by atoms with Crippen molar-refractivity contribution < 1.29 is 9.84 Å². The molecule has 2 fully saturated rings. The zero-order valence-corrected chi connectivity index (χ0v) is 12.9. The highest BCUT2D eigenvalue weighted by molar-refractivity contribution is 5.49. The predicted molar refractivity (Wildman–Crippen MR) is 84.7 cm³/mol. The summed E-state index contributed by atoms with van der Waals surface area (Å²) in [6.07, 6.45) is 1.67. The van der Waals surface area contributed by atoms with E-state index in [-0.39, 0.29) is 6.10 Å². The number of nitrogens with zero attached hydrogens (tertiary/aromatic N) is 2. The van der Waals surface area contributed by atoms with Crippen LogP contribution < -0.4 is 4.90 Å². The highest BCUT2D eigenvalue weighted by atomic mass is 16.5. The van der Waals surface area contributed by atoms with Gasteiger partial charge in [0, 0.05) is 37.9 Å². The van der Waals surface area contributed by atoms with Gasteiger partial charge < -0.3 is 14.7 Å². The SMILES string of the molecule is CC[C@H](O)c1ccc(N2CCC(N3CCOCC3)C2)cc1. The van der Waals surface area contributed by atoms with Gasteiger partial charge in [0.05, 0.1) is 19.3 Å². The summed E-state index contributed by atoms with van der Waals surface area (Å²) in [5, 5.41) is 9.87. The Morgan fingerprint density at radius 2 is 1.90 bits per heavy atom. The fourth-order valence-electron chi connectivity index (χ4n) is 3.36. The molecule has 2 atom stereocenters. The Balaban J connectivity index is 1.60. The second kappa shape index (κ2) is 6.77. The summed E-state index contributed by atoms with van der Waals surface area (Å²) < 4.78 is 5.44. The van der Waals surface area contributed by atoms with Gasteiger partial charge in [0.25, 0.3) is 0 Å². The van der Waals surface area contributed by atoms with E-state index in [0.717, 1.165) is 51.4 Å². The zero-order valence-electron chi connectivity index (χ0n) is 12.9. The minimum Gasteiger partial charge on any atom is -0.388 e. The second-order valence-corrected chi connectivity index (χ2v) is 6.05. The van der Waals surface area contributed by atoms with Crippen molar-refractivity contribution in [1.29, 1.82) is 0 Å². The Bertz CT molecular complexity index is 443. The molecule has 2 saturated heterocycles. The highest BCUT2D eigenvalue weighted by Crippen LogP contribution is 2.25. The van der Waals surface area contributed by atoms with Crippen molar-refractivity contribution in [2.24, 2.45) is 0 Å². The monoisotopic (exact) mass is 290 g/mol. The van der Waals surface area contributed by atoms with Crippen LogP contribution in [0.4, 0.5) is 5.69 Å². The number of morpholine rings is 1. The lowest BCUT2D eigenvalue weighted by Crippen LogP contribution is -2.44. The first kappa shape index (κ1) is 14.8. The molecule has 2 heterocycles. The molecule has 116 valence electrons. The van der Waals surface area contributed by atoms with Crippen LogP contribution in [0.15, 0.2) is 24.3 Å². The van der Waals surface area contributed by atoms with E-state index in [1.807, 2.05) is 6.92 Å². The highest BCUT2D eigenvalue weighted by Gasteiger charge is 2.28. The van der Waals surface area contributed by atoms with Crippen LogP contribution in [0.1, 0.15) is 31.4 Å². The number of aliphatic hydroxyl groups excluding tert-OH is 1. The van der Waals surface area contributed by atoms with Crippen LogP contribution in [0.25, 0.3) is 0 Å². The van der Waals surface area contributed by atoms with Crippen molar-refractivity contribution in [3.63, 3.8) is 0 Å². The van der Waals surface area contributed by atoms with E-state index in [0.29, 0.717) is 6.04 Å². The number of benzene rings is 1. The quantitative estimate of drug-likeness (QED) is 0.920. The fourth-order valence-corrected chi connectivity index (χ4v) is 3.36. The van der Waals surface area contributed by atoms with Crippen LogP contribution in [0, 0.1) is 0 Å². The van der Waals surface area contributed by atoms with E-state index in [1.54, 1.807) is 0 Å². The van der Waals surface area contributed by atoms with Crippen molar-refractivity contribution >= 4 is 5.69 Å². The molecule has 0 radical (unpaired) electrons. The lowest BCUT2D eigenvalue weighted by Gasteiger charge is -2.32. The lowest BCUT2D eigenvalue weighted by atomic mass is 10.1. The van der Waals surface area contributed by atoms with Gasteiger partial charge in [0.2, 0.25) is 0 Å². The summed E-state index contributed by atoms with van der Waals surface area (Å²) in [6.45, 7) is 8.12. The third-order valence-corrected chi connectivity index (χ3v) is 4.76. The number of hydrogen-bond donors (Lipinski definition) is 1. The molecule has 0 saturated carbocycles. The molecule has 0 aromatic heterocycles. The Labute approximate surface area is 127 Å². The summed E-state index contributed by atoms with van der Waals surface area (Å²) in [4.78, 5) is 5.03. The molecule has 21 heavy (non-hydrogen) atoms. The molecule has 1 N–H and O–H groups in total. The molecule has 1 unspecified atom stereocenters. The largest absolute Gasteiger partial charge is 0.388 e. The third kappa shape index (κ3) is 3.39. The van der Waals surface area contributed by atoms with Gasteiger partial charge in [-0.15, -0.1) is 0 Å². The molecule has 2 aliphatic heterocycles. The first-order chi connectivity index (χ1) is 10.3. The molecule has 0 aliphatic carbocycles. The molecular formula is C17H26N2O2. The predicted octanol–water partition coefficient (Wildman–Crippen LogP) is 2.04. The van der Waals surface area contributed by atoms with Crippen LogP contribution >= 0.6 is 0 Å². The summed E-state index contributed by atoms with van der Waals surface area (Å²) >= 11 is 0. The summed E-state index contributed by atoms with van der Waals surface area (Å²) in [7, 11) is 0. The maximum Gasteiger partial charge on any atom is 0.0787 e. The Morgan fingerprint density at radius 3 is 2.57 bits per heavy atom. The topological polar surface area (TPSA) is 35.9 Å².